The fourth-order valence-corrected chi connectivity index (χ4v) is 4.96. The zero-order valence-corrected chi connectivity index (χ0v) is 17.8. The molecule has 27 heavy (non-hydrogen) atoms. The van der Waals surface area contributed by atoms with E-state index in [2.05, 4.69) is 31.7 Å². The Morgan fingerprint density at radius 3 is 2.41 bits per heavy atom. The Morgan fingerprint density at radius 1 is 1.04 bits per heavy atom. The molecule has 1 aromatic rings. The van der Waals surface area contributed by atoms with Gasteiger partial charge in [-0.3, -0.25) is 9.69 Å². The maximum atomic E-state index is 12.7. The molecule has 2 aliphatic heterocycles. The molecule has 0 aliphatic carbocycles. The maximum Gasteiger partial charge on any atom is 0.225 e. The minimum absolute atomic E-state index is 0.256. The lowest BCUT2D eigenvalue weighted by Gasteiger charge is -2.36. The average molecular weight is 373 g/mol. The molecule has 0 N–H and O–H groups in total. The van der Waals surface area contributed by atoms with Gasteiger partial charge >= 0.3 is 0 Å². The number of ether oxygens (including phenoxy) is 1. The van der Waals surface area contributed by atoms with Crippen molar-refractivity contribution in [2.75, 3.05) is 33.8 Å². The van der Waals surface area contributed by atoms with Crippen molar-refractivity contribution < 1.29 is 9.53 Å². The number of carbonyl (C=O) groups is 1. The molecular formula is C23H36N2O2. The summed E-state index contributed by atoms with van der Waals surface area (Å²) in [5, 5.41) is 0. The van der Waals surface area contributed by atoms with Gasteiger partial charge in [0.25, 0.3) is 0 Å². The fraction of sp³-hybridized carbons (Fsp3) is 0.696. The number of hydrogen-bond donors (Lipinski definition) is 0. The van der Waals surface area contributed by atoms with Gasteiger partial charge in [-0.15, -0.1) is 0 Å². The van der Waals surface area contributed by atoms with Crippen LogP contribution in [0, 0.1) is 32.6 Å². The van der Waals surface area contributed by atoms with E-state index >= 15 is 0 Å². The summed E-state index contributed by atoms with van der Waals surface area (Å²) in [6.07, 6.45) is 5.75. The number of hydrogen-bond acceptors (Lipinski definition) is 3. The van der Waals surface area contributed by atoms with Crippen molar-refractivity contribution >= 4 is 5.91 Å². The third kappa shape index (κ3) is 4.31. The maximum absolute atomic E-state index is 12.7. The van der Waals surface area contributed by atoms with Gasteiger partial charge < -0.3 is 9.64 Å². The Morgan fingerprint density at radius 2 is 1.74 bits per heavy atom. The van der Waals surface area contributed by atoms with Crippen LogP contribution in [0.3, 0.4) is 0 Å². The lowest BCUT2D eigenvalue weighted by atomic mass is 9.81. The van der Waals surface area contributed by atoms with Gasteiger partial charge in [0.05, 0.1) is 7.11 Å². The number of methoxy groups -OCH3 is 1. The van der Waals surface area contributed by atoms with E-state index in [1.165, 1.54) is 28.7 Å². The summed E-state index contributed by atoms with van der Waals surface area (Å²) in [6.45, 7) is 10.7. The Balaban J connectivity index is 1.63. The first-order valence-electron chi connectivity index (χ1n) is 10.5. The van der Waals surface area contributed by atoms with E-state index in [1.54, 1.807) is 7.11 Å². The van der Waals surface area contributed by atoms with Crippen molar-refractivity contribution in [1.29, 1.82) is 0 Å². The largest absolute Gasteiger partial charge is 0.496 e. The number of amides is 1. The standard InChI is InChI=1S/C23H36N2O2/c1-16-14-22(27-5)18(3)17(2)21(16)15-25-12-9-19(10-13-25)20-8-6-7-11-24(4)23(20)26/h14,19-20H,6-13,15H2,1-5H3/t20-/m0/s1. The first-order chi connectivity index (χ1) is 12.9. The average Bonchev–Trinajstić information content (AvgIpc) is 2.84. The number of benzene rings is 1. The van der Waals surface area contributed by atoms with Gasteiger partial charge in [0.15, 0.2) is 0 Å². The number of likely N-dealkylation sites (tertiary alicyclic amines) is 2. The van der Waals surface area contributed by atoms with Crippen LogP contribution in [0.5, 0.6) is 5.75 Å². The number of aryl methyl sites for hydroxylation is 1. The van der Waals surface area contributed by atoms with E-state index in [4.69, 9.17) is 4.74 Å². The Labute approximate surface area is 164 Å². The molecule has 3 rings (SSSR count). The molecule has 4 heteroatoms. The van der Waals surface area contributed by atoms with Crippen molar-refractivity contribution in [2.24, 2.45) is 11.8 Å². The molecule has 150 valence electrons. The molecule has 2 saturated heterocycles. The molecule has 0 saturated carbocycles. The highest BCUT2D eigenvalue weighted by Gasteiger charge is 2.34. The monoisotopic (exact) mass is 372 g/mol. The lowest BCUT2D eigenvalue weighted by molar-refractivity contribution is -0.136. The number of piperidine rings is 1. The molecule has 1 aromatic carbocycles. The van der Waals surface area contributed by atoms with Crippen LogP contribution >= 0.6 is 0 Å². The summed E-state index contributed by atoms with van der Waals surface area (Å²) in [6, 6.07) is 2.17. The predicted octanol–water partition coefficient (Wildman–Crippen LogP) is 4.09. The first kappa shape index (κ1) is 20.2. The van der Waals surface area contributed by atoms with E-state index in [0.717, 1.165) is 57.6 Å². The third-order valence-corrected chi connectivity index (χ3v) is 6.96. The van der Waals surface area contributed by atoms with Crippen LogP contribution < -0.4 is 4.74 Å². The zero-order chi connectivity index (χ0) is 19.6. The Hall–Kier alpha value is -1.55. The topological polar surface area (TPSA) is 32.8 Å². The van der Waals surface area contributed by atoms with Crippen LogP contribution in [-0.2, 0) is 11.3 Å². The van der Waals surface area contributed by atoms with Crippen molar-refractivity contribution in [1.82, 2.24) is 9.80 Å². The van der Waals surface area contributed by atoms with Gasteiger partial charge in [-0.1, -0.05) is 6.42 Å². The molecule has 4 nitrogen and oxygen atoms in total. The van der Waals surface area contributed by atoms with Crippen molar-refractivity contribution in [3.05, 3.63) is 28.3 Å². The number of carbonyl (C=O) groups excluding carboxylic acids is 1. The molecular weight excluding hydrogens is 336 g/mol. The van der Waals surface area contributed by atoms with Crippen LogP contribution in [-0.4, -0.2) is 49.5 Å². The molecule has 0 unspecified atom stereocenters. The Bertz CT molecular complexity index is 677. The summed E-state index contributed by atoms with van der Waals surface area (Å²) in [4.78, 5) is 17.2. The van der Waals surface area contributed by atoms with E-state index in [1.807, 2.05) is 11.9 Å². The summed E-state index contributed by atoms with van der Waals surface area (Å²) in [5.41, 5.74) is 5.37. The Kier molecular flexibility index (Phi) is 6.46. The highest BCUT2D eigenvalue weighted by molar-refractivity contribution is 5.79. The smallest absolute Gasteiger partial charge is 0.225 e. The van der Waals surface area contributed by atoms with Crippen LogP contribution in [0.1, 0.15) is 54.4 Å². The summed E-state index contributed by atoms with van der Waals surface area (Å²) in [5.74, 6) is 2.20. The number of nitrogens with zero attached hydrogens (tertiary/aromatic N) is 2. The second kappa shape index (κ2) is 8.64. The summed E-state index contributed by atoms with van der Waals surface area (Å²) >= 11 is 0. The molecule has 2 heterocycles. The van der Waals surface area contributed by atoms with Crippen LogP contribution in [0.15, 0.2) is 6.07 Å². The van der Waals surface area contributed by atoms with Gasteiger partial charge in [0, 0.05) is 26.1 Å². The molecule has 0 bridgehead atoms. The first-order valence-corrected chi connectivity index (χ1v) is 10.5. The number of rotatable bonds is 4. The molecule has 0 aromatic heterocycles. The van der Waals surface area contributed by atoms with E-state index in [0.29, 0.717) is 11.8 Å². The third-order valence-electron chi connectivity index (χ3n) is 6.96. The quantitative estimate of drug-likeness (QED) is 0.798. The second-order valence-electron chi connectivity index (χ2n) is 8.60. The molecule has 2 fully saturated rings. The van der Waals surface area contributed by atoms with Crippen LogP contribution in [0.2, 0.25) is 0 Å². The van der Waals surface area contributed by atoms with Gasteiger partial charge in [-0.05, 0) is 93.8 Å². The van der Waals surface area contributed by atoms with Crippen LogP contribution in [0.25, 0.3) is 0 Å². The van der Waals surface area contributed by atoms with Crippen molar-refractivity contribution in [2.45, 2.75) is 59.4 Å². The summed E-state index contributed by atoms with van der Waals surface area (Å²) in [7, 11) is 3.73. The minimum atomic E-state index is 0.256. The van der Waals surface area contributed by atoms with Crippen LogP contribution in [0.4, 0.5) is 0 Å². The van der Waals surface area contributed by atoms with Gasteiger partial charge in [0.2, 0.25) is 5.91 Å². The van der Waals surface area contributed by atoms with Gasteiger partial charge in [-0.2, -0.15) is 0 Å². The molecule has 0 spiro atoms. The normalized spacial score (nSPS) is 22.8. The van der Waals surface area contributed by atoms with Gasteiger partial charge in [-0.25, -0.2) is 0 Å². The highest BCUT2D eigenvalue weighted by atomic mass is 16.5. The van der Waals surface area contributed by atoms with Gasteiger partial charge in [0.1, 0.15) is 5.75 Å². The molecule has 0 radical (unpaired) electrons. The van der Waals surface area contributed by atoms with E-state index < -0.39 is 0 Å². The molecule has 1 atom stereocenters. The minimum Gasteiger partial charge on any atom is -0.496 e. The zero-order valence-electron chi connectivity index (χ0n) is 17.8. The molecule has 2 aliphatic rings. The summed E-state index contributed by atoms with van der Waals surface area (Å²) < 4.78 is 5.51. The molecule has 1 amide bonds. The predicted molar refractivity (Wildman–Crippen MR) is 110 cm³/mol. The van der Waals surface area contributed by atoms with E-state index in [-0.39, 0.29) is 5.92 Å². The fourth-order valence-electron chi connectivity index (χ4n) is 4.96. The van der Waals surface area contributed by atoms with Crippen molar-refractivity contribution in [3.8, 4) is 5.75 Å². The SMILES string of the molecule is COc1cc(C)c(CN2CCC([C@@H]3CCCCN(C)C3=O)CC2)c(C)c1C. The lowest BCUT2D eigenvalue weighted by Crippen LogP contribution is -2.41. The second-order valence-corrected chi connectivity index (χ2v) is 8.60. The van der Waals surface area contributed by atoms with Crippen molar-refractivity contribution in [3.63, 3.8) is 0 Å². The highest BCUT2D eigenvalue weighted by Crippen LogP contribution is 2.33. The van der Waals surface area contributed by atoms with E-state index in [9.17, 15) is 4.79 Å².